The Labute approximate surface area is 209 Å². The average molecular weight is 481 g/mol. The molecule has 2 atom stereocenters. The molecule has 8 nitrogen and oxygen atoms in total. The van der Waals surface area contributed by atoms with Crippen LogP contribution in [0.3, 0.4) is 0 Å². The maximum absolute atomic E-state index is 12.6. The summed E-state index contributed by atoms with van der Waals surface area (Å²) in [4.78, 5) is 34.2. The molecule has 4 aromatic rings. The second-order valence-corrected chi connectivity index (χ2v) is 8.39. The van der Waals surface area contributed by atoms with E-state index in [2.05, 4.69) is 20.6 Å². The molecule has 2 aromatic heterocycles. The number of pyridine rings is 2. The predicted octanol–water partition coefficient (Wildman–Crippen LogP) is 3.16. The molecule has 0 saturated carbocycles. The minimum absolute atomic E-state index is 0.329. The standard InChI is InChI=1S/C28H28N6O2/c29-21(17-19-9-3-1-4-10-19)27(35)33-25-15-7-13-23(31-25)24-14-8-16-26(32-24)34-28(36)22(30)18-20-11-5-2-6-12-20/h1-16,21-22H,17-18,29-30H2,(H,31,33,35)(H,32,34,36)/t21-,22-/m0/s1. The van der Waals surface area contributed by atoms with Gasteiger partial charge in [-0.25, -0.2) is 9.97 Å². The van der Waals surface area contributed by atoms with E-state index in [1.165, 1.54) is 0 Å². The fourth-order valence-electron chi connectivity index (χ4n) is 3.65. The molecule has 0 radical (unpaired) electrons. The first-order valence-corrected chi connectivity index (χ1v) is 11.6. The zero-order valence-electron chi connectivity index (χ0n) is 19.7. The number of rotatable bonds is 9. The number of nitrogens with zero attached hydrogens (tertiary/aromatic N) is 2. The van der Waals surface area contributed by atoms with Crippen LogP contribution in [0, 0.1) is 0 Å². The van der Waals surface area contributed by atoms with Crippen molar-refractivity contribution in [1.29, 1.82) is 0 Å². The normalized spacial score (nSPS) is 12.4. The lowest BCUT2D eigenvalue weighted by Crippen LogP contribution is -2.37. The number of aromatic nitrogens is 2. The van der Waals surface area contributed by atoms with Crippen molar-refractivity contribution in [2.24, 2.45) is 11.5 Å². The summed E-state index contributed by atoms with van der Waals surface area (Å²) in [6.45, 7) is 0. The average Bonchev–Trinajstić information content (AvgIpc) is 2.90. The van der Waals surface area contributed by atoms with Gasteiger partial charge in [-0.15, -0.1) is 0 Å². The van der Waals surface area contributed by atoms with Gasteiger partial charge in [0.15, 0.2) is 0 Å². The highest BCUT2D eigenvalue weighted by Crippen LogP contribution is 2.19. The number of hydrogen-bond donors (Lipinski definition) is 4. The van der Waals surface area contributed by atoms with Gasteiger partial charge in [-0.2, -0.15) is 0 Å². The molecule has 2 heterocycles. The monoisotopic (exact) mass is 480 g/mol. The second-order valence-electron chi connectivity index (χ2n) is 8.39. The third-order valence-electron chi connectivity index (χ3n) is 5.53. The van der Waals surface area contributed by atoms with Crippen LogP contribution in [0.4, 0.5) is 11.6 Å². The number of amides is 2. The number of benzene rings is 2. The number of nitrogens with two attached hydrogens (primary N) is 2. The smallest absolute Gasteiger partial charge is 0.242 e. The van der Waals surface area contributed by atoms with E-state index < -0.39 is 12.1 Å². The molecule has 36 heavy (non-hydrogen) atoms. The van der Waals surface area contributed by atoms with Crippen molar-refractivity contribution in [2.75, 3.05) is 10.6 Å². The van der Waals surface area contributed by atoms with E-state index in [0.717, 1.165) is 11.1 Å². The molecule has 8 heteroatoms. The van der Waals surface area contributed by atoms with Crippen molar-refractivity contribution in [3.05, 3.63) is 108 Å². The minimum atomic E-state index is -0.713. The summed E-state index contributed by atoms with van der Waals surface area (Å²) >= 11 is 0. The van der Waals surface area contributed by atoms with Crippen LogP contribution in [0.1, 0.15) is 11.1 Å². The van der Waals surface area contributed by atoms with Crippen LogP contribution >= 0.6 is 0 Å². The Balaban J connectivity index is 1.40. The zero-order valence-corrected chi connectivity index (χ0v) is 19.7. The summed E-state index contributed by atoms with van der Waals surface area (Å²) in [5, 5.41) is 5.54. The van der Waals surface area contributed by atoms with Gasteiger partial charge < -0.3 is 22.1 Å². The molecule has 2 amide bonds. The first-order valence-electron chi connectivity index (χ1n) is 11.6. The van der Waals surface area contributed by atoms with Crippen LogP contribution in [0.15, 0.2) is 97.1 Å². The van der Waals surface area contributed by atoms with Gasteiger partial charge in [-0.3, -0.25) is 9.59 Å². The van der Waals surface area contributed by atoms with Crippen molar-refractivity contribution >= 4 is 23.5 Å². The largest absolute Gasteiger partial charge is 0.320 e. The number of hydrogen-bond acceptors (Lipinski definition) is 6. The fourth-order valence-corrected chi connectivity index (χ4v) is 3.65. The van der Waals surface area contributed by atoms with Gasteiger partial charge in [-0.05, 0) is 48.2 Å². The highest BCUT2D eigenvalue weighted by atomic mass is 16.2. The van der Waals surface area contributed by atoms with Crippen molar-refractivity contribution in [3.63, 3.8) is 0 Å². The van der Waals surface area contributed by atoms with Gasteiger partial charge in [-0.1, -0.05) is 72.8 Å². The Hall–Kier alpha value is -4.40. The maximum Gasteiger partial charge on any atom is 0.242 e. The molecular formula is C28H28N6O2. The fraction of sp³-hybridized carbons (Fsp3) is 0.143. The number of anilines is 2. The molecule has 0 spiro atoms. The quantitative estimate of drug-likeness (QED) is 0.291. The first kappa shape index (κ1) is 24.7. The second kappa shape index (κ2) is 11.8. The minimum Gasteiger partial charge on any atom is -0.320 e. The molecule has 2 aromatic carbocycles. The molecule has 0 aliphatic heterocycles. The number of carbonyl (C=O) groups excluding carboxylic acids is 2. The van der Waals surface area contributed by atoms with E-state index in [0.29, 0.717) is 35.9 Å². The van der Waals surface area contributed by atoms with E-state index in [1.54, 1.807) is 36.4 Å². The summed E-state index contributed by atoms with van der Waals surface area (Å²) in [5.41, 5.74) is 15.2. The summed E-state index contributed by atoms with van der Waals surface area (Å²) in [7, 11) is 0. The Morgan fingerprint density at radius 3 is 1.36 bits per heavy atom. The van der Waals surface area contributed by atoms with Crippen molar-refractivity contribution in [1.82, 2.24) is 9.97 Å². The Morgan fingerprint density at radius 1 is 0.583 bits per heavy atom. The highest BCUT2D eigenvalue weighted by Gasteiger charge is 2.17. The molecule has 4 rings (SSSR count). The summed E-state index contributed by atoms with van der Waals surface area (Å²) in [6, 6.07) is 28.2. The Kier molecular flexibility index (Phi) is 8.12. The molecule has 0 aliphatic carbocycles. The highest BCUT2D eigenvalue weighted by molar-refractivity contribution is 5.95. The summed E-state index contributed by atoms with van der Waals surface area (Å²) < 4.78 is 0. The van der Waals surface area contributed by atoms with Gasteiger partial charge >= 0.3 is 0 Å². The third kappa shape index (κ3) is 6.82. The van der Waals surface area contributed by atoms with E-state index in [1.807, 2.05) is 60.7 Å². The lowest BCUT2D eigenvalue weighted by molar-refractivity contribution is -0.118. The van der Waals surface area contributed by atoms with Crippen molar-refractivity contribution in [3.8, 4) is 11.4 Å². The topological polar surface area (TPSA) is 136 Å². The summed E-state index contributed by atoms with van der Waals surface area (Å²) in [6.07, 6.45) is 0.837. The molecule has 0 bridgehead atoms. The molecule has 182 valence electrons. The SMILES string of the molecule is N[C@@H](Cc1ccccc1)C(=O)Nc1cccc(-c2cccc(NC(=O)[C@@H](N)Cc3ccccc3)n2)n1. The van der Waals surface area contributed by atoms with Gasteiger partial charge in [0.05, 0.1) is 23.5 Å². The lowest BCUT2D eigenvalue weighted by atomic mass is 10.1. The van der Waals surface area contributed by atoms with Crippen LogP contribution in [-0.4, -0.2) is 33.9 Å². The molecular weight excluding hydrogens is 452 g/mol. The molecule has 0 saturated heterocycles. The van der Waals surface area contributed by atoms with Crippen molar-refractivity contribution < 1.29 is 9.59 Å². The lowest BCUT2D eigenvalue weighted by Gasteiger charge is -2.13. The predicted molar refractivity (Wildman–Crippen MR) is 141 cm³/mol. The first-order chi connectivity index (χ1) is 17.5. The van der Waals surface area contributed by atoms with Crippen molar-refractivity contribution in [2.45, 2.75) is 24.9 Å². The van der Waals surface area contributed by atoms with Crippen LogP contribution in [-0.2, 0) is 22.4 Å². The molecule has 0 fully saturated rings. The summed E-state index contributed by atoms with van der Waals surface area (Å²) in [5.74, 6) is 0.0685. The Bertz CT molecular complexity index is 1210. The maximum atomic E-state index is 12.6. The van der Waals surface area contributed by atoms with Crippen LogP contribution < -0.4 is 22.1 Å². The van der Waals surface area contributed by atoms with Gasteiger partial charge in [0.2, 0.25) is 11.8 Å². The molecule has 0 aliphatic rings. The molecule has 6 N–H and O–H groups in total. The van der Waals surface area contributed by atoms with Crippen LogP contribution in [0.5, 0.6) is 0 Å². The van der Waals surface area contributed by atoms with E-state index in [-0.39, 0.29) is 11.8 Å². The van der Waals surface area contributed by atoms with Gasteiger partial charge in [0.1, 0.15) is 11.6 Å². The van der Waals surface area contributed by atoms with E-state index in [4.69, 9.17) is 11.5 Å². The number of nitrogens with one attached hydrogen (secondary N) is 2. The third-order valence-corrected chi connectivity index (χ3v) is 5.53. The zero-order chi connectivity index (χ0) is 25.3. The Morgan fingerprint density at radius 2 is 0.972 bits per heavy atom. The molecule has 0 unspecified atom stereocenters. The number of carbonyl (C=O) groups is 2. The van der Waals surface area contributed by atoms with Gasteiger partial charge in [0, 0.05) is 0 Å². The van der Waals surface area contributed by atoms with Gasteiger partial charge in [0.25, 0.3) is 0 Å². The van der Waals surface area contributed by atoms with E-state index >= 15 is 0 Å². The van der Waals surface area contributed by atoms with Crippen LogP contribution in [0.25, 0.3) is 11.4 Å². The van der Waals surface area contributed by atoms with E-state index in [9.17, 15) is 9.59 Å². The van der Waals surface area contributed by atoms with Crippen LogP contribution in [0.2, 0.25) is 0 Å².